The molecule has 0 aromatic carbocycles. The molecule has 0 saturated heterocycles. The van der Waals surface area contributed by atoms with Crippen LogP contribution in [0.2, 0.25) is 0 Å². The molecule has 9 heteroatoms. The van der Waals surface area contributed by atoms with Crippen LogP contribution in [0.15, 0.2) is 35.5 Å². The number of aromatic nitrogens is 4. The van der Waals surface area contributed by atoms with Crippen molar-refractivity contribution in [3.63, 3.8) is 0 Å². The molecule has 0 unspecified atom stereocenters. The maximum atomic E-state index is 12.5. The van der Waals surface area contributed by atoms with E-state index in [2.05, 4.69) is 20.4 Å². The molecule has 8 nitrogen and oxygen atoms in total. The quantitative estimate of drug-likeness (QED) is 0.679. The lowest BCUT2D eigenvalue weighted by Gasteiger charge is -2.06. The molecule has 0 atom stereocenters. The summed E-state index contributed by atoms with van der Waals surface area (Å²) >= 11 is 0. The fourth-order valence-corrected chi connectivity index (χ4v) is 4.00. The van der Waals surface area contributed by atoms with E-state index in [9.17, 15) is 13.2 Å². The van der Waals surface area contributed by atoms with E-state index in [1.54, 1.807) is 25.3 Å². The van der Waals surface area contributed by atoms with Crippen molar-refractivity contribution in [2.45, 2.75) is 37.1 Å². The van der Waals surface area contributed by atoms with Crippen LogP contribution >= 0.6 is 0 Å². The first-order chi connectivity index (χ1) is 13.4. The van der Waals surface area contributed by atoms with E-state index >= 15 is 0 Å². The highest BCUT2D eigenvalue weighted by Gasteiger charge is 2.30. The van der Waals surface area contributed by atoms with E-state index in [0.29, 0.717) is 22.7 Å². The summed E-state index contributed by atoms with van der Waals surface area (Å²) in [4.78, 5) is 21.2. The molecular weight excluding hydrogens is 378 g/mol. The summed E-state index contributed by atoms with van der Waals surface area (Å²) in [5.41, 5.74) is 3.71. The number of hydrogen-bond acceptors (Lipinski definition) is 6. The van der Waals surface area contributed by atoms with Gasteiger partial charge >= 0.3 is 0 Å². The molecule has 3 aromatic rings. The molecule has 1 saturated carbocycles. The van der Waals surface area contributed by atoms with Gasteiger partial charge in [0.15, 0.2) is 9.84 Å². The van der Waals surface area contributed by atoms with Gasteiger partial charge in [-0.25, -0.2) is 8.42 Å². The highest BCUT2D eigenvalue weighted by molar-refractivity contribution is 7.91. The van der Waals surface area contributed by atoms with Crippen molar-refractivity contribution in [1.82, 2.24) is 25.1 Å². The smallest absolute Gasteiger partial charge is 0.253 e. The van der Waals surface area contributed by atoms with Crippen molar-refractivity contribution < 1.29 is 13.2 Å². The van der Waals surface area contributed by atoms with Crippen LogP contribution in [0.3, 0.4) is 0 Å². The molecule has 1 fully saturated rings. The molecule has 4 rings (SSSR count). The van der Waals surface area contributed by atoms with Crippen LogP contribution in [0.5, 0.6) is 0 Å². The molecule has 0 bridgehead atoms. The van der Waals surface area contributed by atoms with E-state index in [0.717, 1.165) is 24.1 Å². The molecule has 1 aliphatic rings. The molecule has 1 N–H and O–H groups in total. The Morgan fingerprint density at radius 1 is 1.25 bits per heavy atom. The molecule has 28 heavy (non-hydrogen) atoms. The molecule has 3 heterocycles. The predicted molar refractivity (Wildman–Crippen MR) is 104 cm³/mol. The maximum Gasteiger partial charge on any atom is 0.253 e. The minimum atomic E-state index is -3.28. The van der Waals surface area contributed by atoms with E-state index in [1.165, 1.54) is 12.3 Å². The van der Waals surface area contributed by atoms with Gasteiger partial charge in [-0.3, -0.25) is 19.4 Å². The van der Waals surface area contributed by atoms with Gasteiger partial charge in [-0.2, -0.15) is 5.10 Å². The largest absolute Gasteiger partial charge is 0.346 e. The van der Waals surface area contributed by atoms with E-state index in [-0.39, 0.29) is 23.1 Å². The minimum absolute atomic E-state index is 0.0240. The van der Waals surface area contributed by atoms with Gasteiger partial charge in [0, 0.05) is 25.4 Å². The van der Waals surface area contributed by atoms with Crippen LogP contribution in [0.25, 0.3) is 11.0 Å². The van der Waals surface area contributed by atoms with Crippen LogP contribution in [0, 0.1) is 0 Å². The third-order valence-corrected chi connectivity index (χ3v) is 6.63. The Bertz CT molecular complexity index is 1150. The van der Waals surface area contributed by atoms with Gasteiger partial charge in [-0.05, 0) is 31.0 Å². The Kier molecular flexibility index (Phi) is 4.62. The highest BCUT2D eigenvalue weighted by Crippen LogP contribution is 2.42. The van der Waals surface area contributed by atoms with E-state index in [1.807, 2.05) is 11.7 Å². The summed E-state index contributed by atoms with van der Waals surface area (Å²) in [6, 6.07) is 4.85. The number of nitrogens with one attached hydrogen (secondary N) is 1. The Hall–Kier alpha value is -2.81. The van der Waals surface area contributed by atoms with Crippen LogP contribution in [-0.2, 0) is 23.4 Å². The highest BCUT2D eigenvalue weighted by atomic mass is 32.2. The normalized spacial score (nSPS) is 14.4. The molecule has 146 valence electrons. The summed E-state index contributed by atoms with van der Waals surface area (Å²) in [7, 11) is -1.37. The summed E-state index contributed by atoms with van der Waals surface area (Å²) in [5.74, 6) is 0.267. The van der Waals surface area contributed by atoms with Crippen molar-refractivity contribution in [2.75, 3.05) is 5.75 Å². The second kappa shape index (κ2) is 6.97. The maximum absolute atomic E-state index is 12.5. The first-order valence-electron chi connectivity index (χ1n) is 9.17. The fraction of sp³-hybridized carbons (Fsp3) is 0.368. The zero-order chi connectivity index (χ0) is 19.9. The third-order valence-electron chi connectivity index (χ3n) is 4.91. The monoisotopic (exact) mass is 399 g/mol. The average Bonchev–Trinajstić information content (AvgIpc) is 3.47. The number of hydrogen-bond donors (Lipinski definition) is 1. The molecular formula is C19H21N5O3S. The number of nitrogens with zero attached hydrogens (tertiary/aromatic N) is 4. The first-order valence-corrected chi connectivity index (χ1v) is 10.8. The van der Waals surface area contributed by atoms with Gasteiger partial charge in [-0.1, -0.05) is 6.92 Å². The van der Waals surface area contributed by atoms with Crippen molar-refractivity contribution in [2.24, 2.45) is 7.05 Å². The van der Waals surface area contributed by atoms with Crippen LogP contribution in [0.4, 0.5) is 0 Å². The number of amides is 1. The Morgan fingerprint density at radius 2 is 2.04 bits per heavy atom. The lowest BCUT2D eigenvalue weighted by Crippen LogP contribution is -2.23. The number of carbonyl (C=O) groups is 1. The molecule has 3 aromatic heterocycles. The van der Waals surface area contributed by atoms with Crippen LogP contribution < -0.4 is 5.32 Å². The summed E-state index contributed by atoms with van der Waals surface area (Å²) in [6.07, 6.45) is 5.20. The lowest BCUT2D eigenvalue weighted by molar-refractivity contribution is 0.0950. The van der Waals surface area contributed by atoms with Crippen molar-refractivity contribution in [3.05, 3.63) is 47.5 Å². The van der Waals surface area contributed by atoms with Crippen molar-refractivity contribution in [3.8, 4) is 0 Å². The second-order valence-electron chi connectivity index (χ2n) is 6.95. The zero-order valence-electron chi connectivity index (χ0n) is 15.7. The van der Waals surface area contributed by atoms with Gasteiger partial charge in [0.05, 0.1) is 34.1 Å². The number of sulfone groups is 1. The molecule has 0 aliphatic heterocycles. The Balaban J connectivity index is 1.46. The third kappa shape index (κ3) is 3.49. The Labute approximate surface area is 162 Å². The fourth-order valence-electron chi connectivity index (χ4n) is 3.17. The van der Waals surface area contributed by atoms with Crippen LogP contribution in [0.1, 0.15) is 47.4 Å². The van der Waals surface area contributed by atoms with Gasteiger partial charge in [0.25, 0.3) is 5.91 Å². The number of aryl methyl sites for hydroxylation is 1. The topological polar surface area (TPSA) is 107 Å². The number of carbonyl (C=O) groups excluding carboxylic acids is 1. The van der Waals surface area contributed by atoms with Crippen molar-refractivity contribution in [1.29, 1.82) is 0 Å². The lowest BCUT2D eigenvalue weighted by atomic mass is 10.2. The van der Waals surface area contributed by atoms with Gasteiger partial charge < -0.3 is 5.32 Å². The minimum Gasteiger partial charge on any atom is -0.346 e. The van der Waals surface area contributed by atoms with Gasteiger partial charge in [0.1, 0.15) is 11.0 Å². The molecule has 0 spiro atoms. The standard InChI is InChI=1S/C19H21N5O3S/c1-3-28(26,27)15-7-6-14(20-11-15)10-22-19(25)13-8-16-17(21-9-13)18(12-4-5-12)24(2)23-16/h6-9,11-12H,3-5,10H2,1-2H3,(H,22,25). The van der Waals surface area contributed by atoms with Gasteiger partial charge in [0.2, 0.25) is 0 Å². The second-order valence-corrected chi connectivity index (χ2v) is 9.22. The SMILES string of the molecule is CCS(=O)(=O)c1ccc(CNC(=O)c2cnc3c(C4CC4)n(C)nc3c2)nc1. The van der Waals surface area contributed by atoms with E-state index in [4.69, 9.17) is 0 Å². The zero-order valence-corrected chi connectivity index (χ0v) is 16.5. The summed E-state index contributed by atoms with van der Waals surface area (Å²) in [6.45, 7) is 1.78. The van der Waals surface area contributed by atoms with Gasteiger partial charge in [-0.15, -0.1) is 0 Å². The van der Waals surface area contributed by atoms with Crippen molar-refractivity contribution >= 4 is 26.8 Å². The molecule has 1 aliphatic carbocycles. The number of pyridine rings is 2. The Morgan fingerprint density at radius 3 is 2.68 bits per heavy atom. The van der Waals surface area contributed by atoms with Crippen LogP contribution in [-0.4, -0.2) is 39.8 Å². The molecule has 1 amide bonds. The average molecular weight is 399 g/mol. The van der Waals surface area contributed by atoms with E-state index < -0.39 is 9.84 Å². The summed E-state index contributed by atoms with van der Waals surface area (Å²) in [5, 5.41) is 7.26. The predicted octanol–water partition coefficient (Wildman–Crippen LogP) is 1.96. The molecule has 0 radical (unpaired) electrons. The number of fused-ring (bicyclic) bond motifs is 1. The first kappa shape index (κ1) is 18.5. The summed E-state index contributed by atoms with van der Waals surface area (Å²) < 4.78 is 25.5. The number of rotatable bonds is 6.